The standard InChI is InChI=1S/C26H32N4O2S/c1-29(19-21-5-3-2-4-6-21)16-11-20-12-17-30(18-13-20)26(31)32-23-9-7-22(8-10-23)24(33)25-27-14-15-28-25/h2-10,14-15,20,24,33H,11-13,16-19H2,1H3,(H,27,28). The molecule has 0 spiro atoms. The first-order valence-corrected chi connectivity index (χ1v) is 12.1. The molecule has 2 heterocycles. The van der Waals surface area contributed by atoms with E-state index < -0.39 is 0 Å². The number of hydrogen-bond acceptors (Lipinski definition) is 5. The molecule has 2 aromatic carbocycles. The predicted octanol–water partition coefficient (Wildman–Crippen LogP) is 5.16. The minimum absolute atomic E-state index is 0.143. The molecule has 0 aliphatic carbocycles. The molecule has 3 aromatic rings. The first-order chi connectivity index (χ1) is 16.1. The topological polar surface area (TPSA) is 61.5 Å². The van der Waals surface area contributed by atoms with Gasteiger partial charge in [-0.3, -0.25) is 0 Å². The summed E-state index contributed by atoms with van der Waals surface area (Å²) in [5.41, 5.74) is 2.34. The molecule has 0 saturated carbocycles. The number of aromatic nitrogens is 2. The van der Waals surface area contributed by atoms with Crippen LogP contribution in [0.5, 0.6) is 5.75 Å². The third kappa shape index (κ3) is 6.62. The van der Waals surface area contributed by atoms with Crippen molar-refractivity contribution in [2.75, 3.05) is 26.7 Å². The first-order valence-electron chi connectivity index (χ1n) is 11.5. The number of benzene rings is 2. The Morgan fingerprint density at radius 3 is 2.58 bits per heavy atom. The Morgan fingerprint density at radius 1 is 1.18 bits per heavy atom. The number of likely N-dealkylation sites (tertiary alicyclic amines) is 1. The number of nitrogens with zero attached hydrogens (tertiary/aromatic N) is 3. The molecule has 1 unspecified atom stereocenters. The molecule has 33 heavy (non-hydrogen) atoms. The summed E-state index contributed by atoms with van der Waals surface area (Å²) in [4.78, 5) is 24.1. The summed E-state index contributed by atoms with van der Waals surface area (Å²) in [6.07, 6.45) is 6.43. The highest BCUT2D eigenvalue weighted by Gasteiger charge is 2.24. The Hall–Kier alpha value is -2.77. The van der Waals surface area contributed by atoms with Crippen LogP contribution in [0.2, 0.25) is 0 Å². The Balaban J connectivity index is 1.18. The molecule has 1 aliphatic rings. The van der Waals surface area contributed by atoms with Gasteiger partial charge in [0.1, 0.15) is 11.6 Å². The van der Waals surface area contributed by atoms with E-state index in [1.807, 2.05) is 29.2 Å². The van der Waals surface area contributed by atoms with Crippen LogP contribution in [0.1, 0.15) is 41.5 Å². The van der Waals surface area contributed by atoms with Crippen molar-refractivity contribution in [3.8, 4) is 5.75 Å². The number of H-pyrrole nitrogens is 1. The van der Waals surface area contributed by atoms with Gasteiger partial charge < -0.3 is 19.5 Å². The Kier molecular flexibility index (Phi) is 8.07. The number of nitrogens with one attached hydrogen (secondary N) is 1. The first kappa shape index (κ1) is 23.4. The predicted molar refractivity (Wildman–Crippen MR) is 134 cm³/mol. The minimum atomic E-state index is -0.268. The third-order valence-corrected chi connectivity index (χ3v) is 6.81. The summed E-state index contributed by atoms with van der Waals surface area (Å²) in [6, 6.07) is 18.0. The smallest absolute Gasteiger partial charge is 0.410 e. The number of thiol groups is 1. The van der Waals surface area contributed by atoms with Gasteiger partial charge >= 0.3 is 6.09 Å². The van der Waals surface area contributed by atoms with Crippen LogP contribution in [0.15, 0.2) is 67.0 Å². The van der Waals surface area contributed by atoms with E-state index in [0.29, 0.717) is 11.7 Å². The number of ether oxygens (including phenoxy) is 1. The largest absolute Gasteiger partial charge is 0.415 e. The fraction of sp³-hybridized carbons (Fsp3) is 0.385. The van der Waals surface area contributed by atoms with Crippen molar-refractivity contribution in [1.29, 1.82) is 0 Å². The molecular weight excluding hydrogens is 432 g/mol. The van der Waals surface area contributed by atoms with Crippen molar-refractivity contribution in [2.45, 2.75) is 31.1 Å². The summed E-state index contributed by atoms with van der Waals surface area (Å²) in [5.74, 6) is 1.99. The third-order valence-electron chi connectivity index (χ3n) is 6.27. The summed E-state index contributed by atoms with van der Waals surface area (Å²) in [7, 11) is 2.18. The van der Waals surface area contributed by atoms with Crippen LogP contribution in [0.4, 0.5) is 4.79 Å². The average molecular weight is 465 g/mol. The van der Waals surface area contributed by atoms with Gasteiger partial charge in [0.25, 0.3) is 0 Å². The highest BCUT2D eigenvalue weighted by atomic mass is 32.1. The lowest BCUT2D eigenvalue weighted by Crippen LogP contribution is -2.40. The van der Waals surface area contributed by atoms with Gasteiger partial charge in [0.2, 0.25) is 0 Å². The number of hydrogen-bond donors (Lipinski definition) is 2. The van der Waals surface area contributed by atoms with Crippen LogP contribution < -0.4 is 4.74 Å². The number of rotatable bonds is 8. The number of imidazole rings is 1. The van der Waals surface area contributed by atoms with Crippen LogP contribution in [-0.2, 0) is 6.54 Å². The molecule has 1 aromatic heterocycles. The zero-order chi connectivity index (χ0) is 23.0. The Morgan fingerprint density at radius 2 is 1.91 bits per heavy atom. The molecule has 0 bridgehead atoms. The van der Waals surface area contributed by atoms with Gasteiger partial charge in [-0.15, -0.1) is 0 Å². The van der Waals surface area contributed by atoms with E-state index in [1.54, 1.807) is 12.4 Å². The number of carbonyl (C=O) groups excluding carboxylic acids is 1. The fourth-order valence-electron chi connectivity index (χ4n) is 4.25. The normalized spacial score (nSPS) is 15.5. The van der Waals surface area contributed by atoms with Crippen molar-refractivity contribution in [1.82, 2.24) is 19.8 Å². The molecular formula is C26H32N4O2S. The molecule has 1 fully saturated rings. The minimum Gasteiger partial charge on any atom is -0.410 e. The van der Waals surface area contributed by atoms with Gasteiger partial charge in [-0.2, -0.15) is 12.6 Å². The number of aromatic amines is 1. The van der Waals surface area contributed by atoms with E-state index in [0.717, 1.165) is 56.8 Å². The van der Waals surface area contributed by atoms with Gasteiger partial charge in [-0.05, 0) is 62.0 Å². The maximum atomic E-state index is 12.6. The summed E-state index contributed by atoms with van der Waals surface area (Å²) >= 11 is 4.61. The van der Waals surface area contributed by atoms with E-state index in [1.165, 1.54) is 5.56 Å². The van der Waals surface area contributed by atoms with Crippen molar-refractivity contribution in [2.24, 2.45) is 5.92 Å². The van der Waals surface area contributed by atoms with E-state index >= 15 is 0 Å². The molecule has 1 amide bonds. The maximum Gasteiger partial charge on any atom is 0.415 e. The molecule has 1 aliphatic heterocycles. The van der Waals surface area contributed by atoms with E-state index in [-0.39, 0.29) is 11.3 Å². The summed E-state index contributed by atoms with van der Waals surface area (Å²) in [6.45, 7) is 3.54. The lowest BCUT2D eigenvalue weighted by Gasteiger charge is -2.32. The van der Waals surface area contributed by atoms with Crippen LogP contribution in [0, 0.1) is 5.92 Å². The van der Waals surface area contributed by atoms with Gasteiger partial charge in [0.05, 0.1) is 5.25 Å². The zero-order valence-electron chi connectivity index (χ0n) is 19.1. The fourth-order valence-corrected chi connectivity index (χ4v) is 4.56. The highest BCUT2D eigenvalue weighted by molar-refractivity contribution is 7.80. The van der Waals surface area contributed by atoms with Crippen LogP contribution >= 0.6 is 12.6 Å². The van der Waals surface area contributed by atoms with Crippen LogP contribution in [-0.4, -0.2) is 52.5 Å². The molecule has 174 valence electrons. The SMILES string of the molecule is CN(CCC1CCN(C(=O)Oc2ccc(C(S)c3ncc[nH]3)cc2)CC1)Cc1ccccc1. The maximum absolute atomic E-state index is 12.6. The van der Waals surface area contributed by atoms with Crippen molar-refractivity contribution in [3.05, 3.63) is 83.9 Å². The molecule has 1 atom stereocenters. The lowest BCUT2D eigenvalue weighted by atomic mass is 9.93. The van der Waals surface area contributed by atoms with E-state index in [2.05, 4.69) is 64.9 Å². The molecule has 4 rings (SSSR count). The Labute approximate surface area is 201 Å². The second-order valence-corrected chi connectivity index (χ2v) is 9.27. The average Bonchev–Trinajstić information content (AvgIpc) is 3.39. The summed E-state index contributed by atoms with van der Waals surface area (Å²) in [5, 5.41) is -0.143. The molecule has 7 heteroatoms. The molecule has 1 N–H and O–H groups in total. The van der Waals surface area contributed by atoms with Crippen LogP contribution in [0.25, 0.3) is 0 Å². The lowest BCUT2D eigenvalue weighted by molar-refractivity contribution is 0.126. The summed E-state index contributed by atoms with van der Waals surface area (Å²) < 4.78 is 5.61. The van der Waals surface area contributed by atoms with Gasteiger partial charge in [0.15, 0.2) is 0 Å². The Bertz CT molecular complexity index is 987. The number of amides is 1. The van der Waals surface area contributed by atoms with E-state index in [9.17, 15) is 4.79 Å². The zero-order valence-corrected chi connectivity index (χ0v) is 20.0. The second-order valence-electron chi connectivity index (χ2n) is 8.76. The van der Waals surface area contributed by atoms with Crippen molar-refractivity contribution < 1.29 is 9.53 Å². The molecule has 1 saturated heterocycles. The van der Waals surface area contributed by atoms with Gasteiger partial charge in [-0.1, -0.05) is 42.5 Å². The number of piperidine rings is 1. The van der Waals surface area contributed by atoms with Gasteiger partial charge in [0, 0.05) is 32.0 Å². The molecule has 0 radical (unpaired) electrons. The van der Waals surface area contributed by atoms with Crippen molar-refractivity contribution >= 4 is 18.7 Å². The van der Waals surface area contributed by atoms with Gasteiger partial charge in [-0.25, -0.2) is 9.78 Å². The van der Waals surface area contributed by atoms with E-state index in [4.69, 9.17) is 4.74 Å². The molecule has 6 nitrogen and oxygen atoms in total. The monoisotopic (exact) mass is 464 g/mol. The highest BCUT2D eigenvalue weighted by Crippen LogP contribution is 2.27. The second kappa shape index (κ2) is 11.4. The van der Waals surface area contributed by atoms with Crippen molar-refractivity contribution in [3.63, 3.8) is 0 Å². The number of carbonyl (C=O) groups is 1. The quantitative estimate of drug-likeness (QED) is 0.452. The van der Waals surface area contributed by atoms with Crippen LogP contribution in [0.3, 0.4) is 0 Å².